The monoisotopic (exact) mass is 867 g/mol. The van der Waals surface area contributed by atoms with Crippen molar-refractivity contribution < 1.29 is 24.5 Å². The molecule has 1 fully saturated rings. The van der Waals surface area contributed by atoms with Gasteiger partial charge in [0.25, 0.3) is 0 Å². The van der Waals surface area contributed by atoms with E-state index >= 15 is 0 Å². The van der Waals surface area contributed by atoms with E-state index in [1.165, 1.54) is 59.1 Å². The predicted molar refractivity (Wildman–Crippen MR) is 214 cm³/mol. The van der Waals surface area contributed by atoms with Gasteiger partial charge in [0.1, 0.15) is 5.58 Å². The van der Waals surface area contributed by atoms with E-state index in [1.54, 1.807) is 0 Å². The fourth-order valence-corrected chi connectivity index (χ4v) is 7.54. The fourth-order valence-electron chi connectivity index (χ4n) is 7.54. The molecule has 5 aromatic carbocycles. The van der Waals surface area contributed by atoms with Gasteiger partial charge in [-0.1, -0.05) is 128 Å². The first-order valence-electron chi connectivity index (χ1n) is 18.5. The molecule has 3 nitrogen and oxygen atoms in total. The molecule has 3 aromatic heterocycles. The number of aryl methyl sites for hydroxylation is 1. The Morgan fingerprint density at radius 1 is 0.698 bits per heavy atom. The van der Waals surface area contributed by atoms with Crippen LogP contribution in [-0.4, -0.2) is 9.97 Å². The molecule has 4 heteroatoms. The summed E-state index contributed by atoms with van der Waals surface area (Å²) in [6.07, 6.45) is 10.5. The Morgan fingerprint density at radius 3 is 2.23 bits per heavy atom. The second-order valence-corrected chi connectivity index (χ2v) is 14.0. The number of hydrogen-bond donors (Lipinski definition) is 0. The Hall–Kier alpha value is -5.15. The van der Waals surface area contributed by atoms with Gasteiger partial charge in [0.15, 0.2) is 0 Å². The van der Waals surface area contributed by atoms with Crippen molar-refractivity contribution in [1.82, 2.24) is 9.97 Å². The Labute approximate surface area is 326 Å². The van der Waals surface area contributed by atoms with E-state index < -0.39 is 0 Å². The van der Waals surface area contributed by atoms with Gasteiger partial charge < -0.3 is 14.4 Å². The van der Waals surface area contributed by atoms with Gasteiger partial charge in [0.05, 0.1) is 5.58 Å². The molecular formula is C49H42IrN2O-2. The minimum atomic E-state index is 0. The van der Waals surface area contributed by atoms with Gasteiger partial charge in [0, 0.05) is 43.8 Å². The van der Waals surface area contributed by atoms with Crippen molar-refractivity contribution in [3.8, 4) is 33.6 Å². The second-order valence-electron chi connectivity index (χ2n) is 14.0. The number of nitrogens with zero attached hydrogens (tertiary/aromatic N) is 2. The SMILES string of the molecule is CC(c1ccccc1)c1ccc2c(c1)oc1c[c-]c(-c3cc(CC4CCCC4)ccn3)cc12.Cc1cnc(-c2[c-]cccc2)cc1-c1ccccc1.[Ir]. The normalized spacial score (nSPS) is 13.3. The molecule has 0 amide bonds. The molecule has 8 aromatic rings. The second kappa shape index (κ2) is 16.7. The maximum absolute atomic E-state index is 6.23. The average Bonchev–Trinajstić information content (AvgIpc) is 3.86. The number of fused-ring (bicyclic) bond motifs is 3. The molecule has 0 N–H and O–H groups in total. The number of aromatic nitrogens is 2. The molecule has 1 saturated carbocycles. The van der Waals surface area contributed by atoms with Gasteiger partial charge in [0.2, 0.25) is 0 Å². The maximum atomic E-state index is 6.23. The molecule has 3 heterocycles. The molecule has 0 bridgehead atoms. The molecule has 1 atom stereocenters. The number of furan rings is 1. The van der Waals surface area contributed by atoms with Crippen molar-refractivity contribution in [2.24, 2.45) is 5.92 Å². The third-order valence-electron chi connectivity index (χ3n) is 10.5. The third kappa shape index (κ3) is 8.25. The summed E-state index contributed by atoms with van der Waals surface area (Å²) in [6.45, 7) is 4.34. The molecular weight excluding hydrogens is 825 g/mol. The molecule has 0 aliphatic heterocycles. The summed E-state index contributed by atoms with van der Waals surface area (Å²) >= 11 is 0. The van der Waals surface area contributed by atoms with Crippen molar-refractivity contribution in [2.75, 3.05) is 0 Å². The van der Waals surface area contributed by atoms with Crippen molar-refractivity contribution in [2.45, 2.75) is 51.9 Å². The molecule has 53 heavy (non-hydrogen) atoms. The smallest absolute Gasteiger partial charge is 0.121 e. The number of rotatable bonds is 7. The van der Waals surface area contributed by atoms with Crippen molar-refractivity contribution in [3.63, 3.8) is 0 Å². The average molecular weight is 867 g/mol. The number of hydrogen-bond acceptors (Lipinski definition) is 3. The van der Waals surface area contributed by atoms with Crippen LogP contribution >= 0.6 is 0 Å². The van der Waals surface area contributed by atoms with Gasteiger partial charge in [-0.15, -0.1) is 59.7 Å². The standard InChI is InChI=1S/C31H28NO.C18H14N.Ir/c1-21(24-9-3-2-4-10-24)25-11-13-27-28-19-26(12-14-30(28)33-31(27)20-25)29-18-23(15-16-32-29)17-22-7-5-6-8-22;1-14-13-19-18(16-10-6-3-7-11-16)12-17(14)15-8-4-2-5-9-15;/h2-4,9-11,13-16,18-22H,5-8,17H2,1H3;2-10,12-13H,1H3;/q2*-1;. The Morgan fingerprint density at radius 2 is 1.45 bits per heavy atom. The van der Waals surface area contributed by atoms with Crippen LogP contribution in [0.5, 0.6) is 0 Å². The van der Waals surface area contributed by atoms with Gasteiger partial charge in [-0.3, -0.25) is 0 Å². The molecule has 1 unspecified atom stereocenters. The van der Waals surface area contributed by atoms with E-state index in [-0.39, 0.29) is 20.1 Å². The first kappa shape index (κ1) is 36.2. The minimum absolute atomic E-state index is 0. The van der Waals surface area contributed by atoms with Crippen LogP contribution in [0.1, 0.15) is 60.8 Å². The summed E-state index contributed by atoms with van der Waals surface area (Å²) in [4.78, 5) is 9.17. The topological polar surface area (TPSA) is 38.9 Å². The molecule has 1 aliphatic rings. The molecule has 9 rings (SSSR count). The summed E-state index contributed by atoms with van der Waals surface area (Å²) in [5.41, 5.74) is 13.4. The van der Waals surface area contributed by atoms with E-state index in [4.69, 9.17) is 4.42 Å². The van der Waals surface area contributed by atoms with Crippen LogP contribution in [0.15, 0.2) is 150 Å². The van der Waals surface area contributed by atoms with Gasteiger partial charge in [-0.05, 0) is 70.6 Å². The van der Waals surface area contributed by atoms with E-state index in [1.807, 2.05) is 48.8 Å². The van der Waals surface area contributed by atoms with Crippen LogP contribution in [-0.2, 0) is 26.5 Å². The third-order valence-corrected chi connectivity index (χ3v) is 10.5. The zero-order valence-corrected chi connectivity index (χ0v) is 32.6. The molecule has 0 spiro atoms. The quantitative estimate of drug-likeness (QED) is 0.150. The first-order chi connectivity index (χ1) is 25.6. The van der Waals surface area contributed by atoms with Crippen molar-refractivity contribution in [3.05, 3.63) is 180 Å². The number of benzene rings is 5. The Kier molecular flexibility index (Phi) is 11.4. The fraction of sp³-hybridized carbons (Fsp3) is 0.184. The zero-order valence-electron chi connectivity index (χ0n) is 30.2. The summed E-state index contributed by atoms with van der Waals surface area (Å²) in [6, 6.07) is 52.9. The van der Waals surface area contributed by atoms with Crippen LogP contribution < -0.4 is 0 Å². The predicted octanol–water partition coefficient (Wildman–Crippen LogP) is 12.9. The Bertz CT molecular complexity index is 2420. The summed E-state index contributed by atoms with van der Waals surface area (Å²) in [5, 5.41) is 2.27. The van der Waals surface area contributed by atoms with Crippen LogP contribution in [0.25, 0.3) is 55.6 Å². The molecule has 1 radical (unpaired) electrons. The van der Waals surface area contributed by atoms with Crippen molar-refractivity contribution in [1.29, 1.82) is 0 Å². The van der Waals surface area contributed by atoms with Crippen LogP contribution in [0, 0.1) is 25.0 Å². The summed E-state index contributed by atoms with van der Waals surface area (Å²) in [7, 11) is 0. The number of pyridine rings is 2. The summed E-state index contributed by atoms with van der Waals surface area (Å²) < 4.78 is 6.23. The largest absolute Gasteiger partial charge is 0.500 e. The van der Waals surface area contributed by atoms with Crippen molar-refractivity contribution >= 4 is 21.9 Å². The molecule has 1 aliphatic carbocycles. The maximum Gasteiger partial charge on any atom is 0.121 e. The molecule has 265 valence electrons. The zero-order chi connectivity index (χ0) is 35.3. The Balaban J connectivity index is 0.000000186. The van der Waals surface area contributed by atoms with Gasteiger partial charge in [-0.25, -0.2) is 0 Å². The van der Waals surface area contributed by atoms with Crippen LogP contribution in [0.3, 0.4) is 0 Å². The van der Waals surface area contributed by atoms with E-state index in [9.17, 15) is 0 Å². The van der Waals surface area contributed by atoms with E-state index in [2.05, 4.69) is 133 Å². The van der Waals surface area contributed by atoms with Gasteiger partial charge >= 0.3 is 0 Å². The summed E-state index contributed by atoms with van der Waals surface area (Å²) in [5.74, 6) is 1.15. The van der Waals surface area contributed by atoms with Gasteiger partial charge in [-0.2, -0.15) is 0 Å². The van der Waals surface area contributed by atoms with Crippen LogP contribution in [0.2, 0.25) is 0 Å². The molecule has 0 saturated heterocycles. The van der Waals surface area contributed by atoms with E-state index in [0.29, 0.717) is 5.92 Å². The minimum Gasteiger partial charge on any atom is -0.500 e. The first-order valence-corrected chi connectivity index (χ1v) is 18.5. The van der Waals surface area contributed by atoms with E-state index in [0.717, 1.165) is 56.8 Å². The van der Waals surface area contributed by atoms with Crippen LogP contribution in [0.4, 0.5) is 0 Å².